The summed E-state index contributed by atoms with van der Waals surface area (Å²) in [6.07, 6.45) is 0. The molecule has 0 spiro atoms. The molecule has 0 atom stereocenters. The highest BCUT2D eigenvalue weighted by atomic mass is 16.5. The first-order valence-electron chi connectivity index (χ1n) is 5.57. The fraction of sp³-hybridized carbons (Fsp3) is 0.462. The molecule has 1 amide bonds. The van der Waals surface area contributed by atoms with Crippen LogP contribution in [0.25, 0.3) is 0 Å². The zero-order valence-corrected chi connectivity index (χ0v) is 10.1. The monoisotopic (exact) mass is 221 g/mol. The number of hydrogen-bond donors (Lipinski definition) is 1. The van der Waals surface area contributed by atoms with Gasteiger partial charge in [-0.1, -0.05) is 32.0 Å². The highest BCUT2D eigenvalue weighted by Gasteiger charge is 2.06. The summed E-state index contributed by atoms with van der Waals surface area (Å²) in [7, 11) is 0. The number of amides is 1. The van der Waals surface area contributed by atoms with E-state index < -0.39 is 0 Å². The van der Waals surface area contributed by atoms with Crippen molar-refractivity contribution in [2.24, 2.45) is 0 Å². The van der Waals surface area contributed by atoms with Crippen molar-refractivity contribution < 1.29 is 9.53 Å². The van der Waals surface area contributed by atoms with E-state index in [0.717, 1.165) is 5.75 Å². The van der Waals surface area contributed by atoms with E-state index in [2.05, 4.69) is 25.2 Å². The smallest absolute Gasteiger partial charge is 0.216 e. The summed E-state index contributed by atoms with van der Waals surface area (Å²) in [6.45, 7) is 6.82. The van der Waals surface area contributed by atoms with Crippen LogP contribution >= 0.6 is 0 Å². The molecule has 0 aromatic heterocycles. The third-order valence-corrected chi connectivity index (χ3v) is 2.27. The van der Waals surface area contributed by atoms with Gasteiger partial charge in [0.2, 0.25) is 5.91 Å². The van der Waals surface area contributed by atoms with Gasteiger partial charge in [-0.3, -0.25) is 4.79 Å². The van der Waals surface area contributed by atoms with Crippen molar-refractivity contribution in [3.63, 3.8) is 0 Å². The second-order valence-corrected chi connectivity index (χ2v) is 4.02. The van der Waals surface area contributed by atoms with Gasteiger partial charge in [-0.2, -0.15) is 0 Å². The number of ether oxygens (including phenoxy) is 1. The van der Waals surface area contributed by atoms with Crippen molar-refractivity contribution in [2.45, 2.75) is 26.7 Å². The number of hydrogen-bond acceptors (Lipinski definition) is 2. The van der Waals surface area contributed by atoms with E-state index in [4.69, 9.17) is 4.74 Å². The van der Waals surface area contributed by atoms with Crippen molar-refractivity contribution in [1.29, 1.82) is 0 Å². The standard InChI is InChI=1S/C13H19NO2/c1-10(2)12-6-4-5-7-13(12)16-9-8-14-11(3)15/h4-7,10H,8-9H2,1-3H3,(H,14,15). The molecule has 0 heterocycles. The fourth-order valence-electron chi connectivity index (χ4n) is 1.48. The first kappa shape index (κ1) is 12.6. The molecule has 1 aromatic carbocycles. The van der Waals surface area contributed by atoms with E-state index in [-0.39, 0.29) is 5.91 Å². The second kappa shape index (κ2) is 6.16. The fourth-order valence-corrected chi connectivity index (χ4v) is 1.48. The van der Waals surface area contributed by atoms with E-state index in [1.54, 1.807) is 0 Å². The zero-order valence-electron chi connectivity index (χ0n) is 10.1. The van der Waals surface area contributed by atoms with Gasteiger partial charge in [-0.25, -0.2) is 0 Å². The summed E-state index contributed by atoms with van der Waals surface area (Å²) in [5, 5.41) is 2.70. The molecule has 3 heteroatoms. The first-order chi connectivity index (χ1) is 7.61. The van der Waals surface area contributed by atoms with Gasteiger partial charge in [-0.05, 0) is 17.5 Å². The SMILES string of the molecule is CC(=O)NCCOc1ccccc1C(C)C. The predicted octanol–water partition coefficient (Wildman–Crippen LogP) is 2.32. The third-order valence-electron chi connectivity index (χ3n) is 2.27. The summed E-state index contributed by atoms with van der Waals surface area (Å²) in [4.78, 5) is 10.7. The maximum atomic E-state index is 10.7. The van der Waals surface area contributed by atoms with E-state index >= 15 is 0 Å². The highest BCUT2D eigenvalue weighted by molar-refractivity contribution is 5.72. The molecule has 0 saturated heterocycles. The van der Waals surface area contributed by atoms with Crippen molar-refractivity contribution in [2.75, 3.05) is 13.2 Å². The Balaban J connectivity index is 2.50. The average Bonchev–Trinajstić information content (AvgIpc) is 2.24. The second-order valence-electron chi connectivity index (χ2n) is 4.02. The minimum absolute atomic E-state index is 0.0271. The molecule has 16 heavy (non-hydrogen) atoms. The van der Waals surface area contributed by atoms with E-state index in [1.165, 1.54) is 12.5 Å². The van der Waals surface area contributed by atoms with Gasteiger partial charge >= 0.3 is 0 Å². The van der Waals surface area contributed by atoms with Crippen LogP contribution in [-0.2, 0) is 4.79 Å². The maximum Gasteiger partial charge on any atom is 0.216 e. The van der Waals surface area contributed by atoms with Crippen LogP contribution in [0, 0.1) is 0 Å². The molecular formula is C13H19NO2. The molecule has 0 saturated carbocycles. The molecular weight excluding hydrogens is 202 g/mol. The van der Waals surface area contributed by atoms with Crippen LogP contribution in [0.4, 0.5) is 0 Å². The lowest BCUT2D eigenvalue weighted by Gasteiger charge is -2.13. The summed E-state index contributed by atoms with van der Waals surface area (Å²) in [6, 6.07) is 8.00. The van der Waals surface area contributed by atoms with Crippen LogP contribution < -0.4 is 10.1 Å². The Morgan fingerprint density at radius 1 is 1.38 bits per heavy atom. The Morgan fingerprint density at radius 3 is 2.69 bits per heavy atom. The van der Waals surface area contributed by atoms with Crippen LogP contribution in [0.5, 0.6) is 5.75 Å². The Kier molecular flexibility index (Phi) is 4.83. The molecule has 1 aromatic rings. The van der Waals surface area contributed by atoms with E-state index in [0.29, 0.717) is 19.1 Å². The first-order valence-corrected chi connectivity index (χ1v) is 5.57. The molecule has 1 N–H and O–H groups in total. The normalized spacial score (nSPS) is 10.2. The van der Waals surface area contributed by atoms with Gasteiger partial charge in [0.1, 0.15) is 12.4 Å². The lowest BCUT2D eigenvalue weighted by molar-refractivity contribution is -0.119. The lowest BCUT2D eigenvalue weighted by Crippen LogP contribution is -2.25. The van der Waals surface area contributed by atoms with Crippen LogP contribution in [0.1, 0.15) is 32.3 Å². The average molecular weight is 221 g/mol. The summed E-state index contributed by atoms with van der Waals surface area (Å²) < 4.78 is 5.63. The Labute approximate surface area is 96.8 Å². The van der Waals surface area contributed by atoms with Crippen molar-refractivity contribution in [3.05, 3.63) is 29.8 Å². The largest absolute Gasteiger partial charge is 0.491 e. The molecule has 0 bridgehead atoms. The molecule has 3 nitrogen and oxygen atoms in total. The van der Waals surface area contributed by atoms with Crippen molar-refractivity contribution in [3.8, 4) is 5.75 Å². The molecule has 0 aliphatic carbocycles. The summed E-state index contributed by atoms with van der Waals surface area (Å²) in [5.41, 5.74) is 1.20. The van der Waals surface area contributed by atoms with Gasteiger partial charge in [0, 0.05) is 6.92 Å². The quantitative estimate of drug-likeness (QED) is 0.775. The molecule has 0 fully saturated rings. The highest BCUT2D eigenvalue weighted by Crippen LogP contribution is 2.25. The number of para-hydroxylation sites is 1. The van der Waals surface area contributed by atoms with Gasteiger partial charge < -0.3 is 10.1 Å². The van der Waals surface area contributed by atoms with Crippen molar-refractivity contribution in [1.82, 2.24) is 5.32 Å². The number of benzene rings is 1. The minimum Gasteiger partial charge on any atom is -0.491 e. The number of carbonyl (C=O) groups is 1. The van der Waals surface area contributed by atoms with Crippen LogP contribution in [0.2, 0.25) is 0 Å². The summed E-state index contributed by atoms with van der Waals surface area (Å²) in [5.74, 6) is 1.32. The minimum atomic E-state index is -0.0271. The topological polar surface area (TPSA) is 38.3 Å². The third kappa shape index (κ3) is 3.93. The van der Waals surface area contributed by atoms with Gasteiger partial charge in [0.05, 0.1) is 6.54 Å². The molecule has 0 radical (unpaired) electrons. The van der Waals surface area contributed by atoms with Gasteiger partial charge in [-0.15, -0.1) is 0 Å². The zero-order chi connectivity index (χ0) is 12.0. The number of nitrogens with one attached hydrogen (secondary N) is 1. The van der Waals surface area contributed by atoms with Crippen LogP contribution in [-0.4, -0.2) is 19.1 Å². The molecule has 0 aliphatic rings. The number of rotatable bonds is 5. The Morgan fingerprint density at radius 2 is 2.06 bits per heavy atom. The predicted molar refractivity (Wildman–Crippen MR) is 64.7 cm³/mol. The van der Waals surface area contributed by atoms with E-state index in [9.17, 15) is 4.79 Å². The lowest BCUT2D eigenvalue weighted by atomic mass is 10.0. The molecule has 0 unspecified atom stereocenters. The molecule has 0 aliphatic heterocycles. The Bertz CT molecular complexity index is 348. The molecule has 88 valence electrons. The van der Waals surface area contributed by atoms with Crippen LogP contribution in [0.15, 0.2) is 24.3 Å². The van der Waals surface area contributed by atoms with Crippen LogP contribution in [0.3, 0.4) is 0 Å². The molecule has 1 rings (SSSR count). The van der Waals surface area contributed by atoms with Crippen molar-refractivity contribution >= 4 is 5.91 Å². The number of carbonyl (C=O) groups excluding carboxylic acids is 1. The van der Waals surface area contributed by atoms with E-state index in [1.807, 2.05) is 18.2 Å². The van der Waals surface area contributed by atoms with Gasteiger partial charge in [0.15, 0.2) is 0 Å². The maximum absolute atomic E-state index is 10.7. The van der Waals surface area contributed by atoms with Gasteiger partial charge in [0.25, 0.3) is 0 Å². The Hall–Kier alpha value is -1.51. The summed E-state index contributed by atoms with van der Waals surface area (Å²) >= 11 is 0.